The minimum Gasteiger partial charge on any atom is -0.494 e. The summed E-state index contributed by atoms with van der Waals surface area (Å²) < 4.78 is 1.29. The van der Waals surface area contributed by atoms with Crippen molar-refractivity contribution in [3.63, 3.8) is 0 Å². The zero-order valence-corrected chi connectivity index (χ0v) is 16.5. The van der Waals surface area contributed by atoms with Crippen molar-refractivity contribution in [2.24, 2.45) is 4.99 Å². The topological polar surface area (TPSA) is 78.4 Å². The van der Waals surface area contributed by atoms with Crippen molar-refractivity contribution in [3.8, 4) is 11.9 Å². The van der Waals surface area contributed by atoms with Crippen molar-refractivity contribution in [2.75, 3.05) is 0 Å². The highest BCUT2D eigenvalue weighted by Gasteiger charge is 2.17. The minimum atomic E-state index is -0.438. The molecule has 0 saturated carbocycles. The van der Waals surface area contributed by atoms with Crippen LogP contribution in [-0.4, -0.2) is 15.9 Å². The van der Waals surface area contributed by atoms with E-state index in [1.54, 1.807) is 6.92 Å². The van der Waals surface area contributed by atoms with Gasteiger partial charge in [0.25, 0.3) is 5.56 Å². The Morgan fingerprint density at radius 3 is 2.56 bits per heavy atom. The fraction of sp³-hybridized carbons (Fsp3) is 0.409. The maximum absolute atomic E-state index is 12.5. The molecule has 0 aliphatic rings. The zero-order chi connectivity index (χ0) is 20.0. The molecule has 0 spiro atoms. The Morgan fingerprint density at radius 2 is 1.93 bits per heavy atom. The summed E-state index contributed by atoms with van der Waals surface area (Å²) in [4.78, 5) is 17.0. The highest BCUT2D eigenvalue weighted by molar-refractivity contribution is 5.87. The van der Waals surface area contributed by atoms with Gasteiger partial charge in [0.2, 0.25) is 5.88 Å². The molecule has 1 aromatic carbocycles. The molecular weight excluding hydrogens is 338 g/mol. The standard InChI is InChI=1S/C22H27N3O2/c1-5-6-7-8-11-25-21(26)19(13-23)17(4)20(22(25)27)14-24-18-10-9-15(2)16(3)12-18/h9-10,12,14,27H,5-8,11H2,1-4H3. The molecule has 2 rings (SSSR count). The molecule has 2 aromatic rings. The molecule has 5 heteroatoms. The van der Waals surface area contributed by atoms with Gasteiger partial charge in [0.1, 0.15) is 11.6 Å². The Kier molecular flexibility index (Phi) is 6.95. The third-order valence-corrected chi connectivity index (χ3v) is 4.91. The van der Waals surface area contributed by atoms with E-state index in [4.69, 9.17) is 0 Å². The largest absolute Gasteiger partial charge is 0.494 e. The Balaban J connectivity index is 2.45. The van der Waals surface area contributed by atoms with Gasteiger partial charge in [-0.15, -0.1) is 0 Å². The first-order valence-corrected chi connectivity index (χ1v) is 9.38. The smallest absolute Gasteiger partial charge is 0.271 e. The van der Waals surface area contributed by atoms with E-state index in [9.17, 15) is 15.2 Å². The Hall–Kier alpha value is -2.87. The summed E-state index contributed by atoms with van der Waals surface area (Å²) in [7, 11) is 0. The SMILES string of the molecule is CCCCCCn1c(O)c(C=Nc2ccc(C)c(C)c2)c(C)c(C#N)c1=O. The van der Waals surface area contributed by atoms with E-state index in [1.165, 1.54) is 16.3 Å². The van der Waals surface area contributed by atoms with Crippen molar-refractivity contribution in [3.05, 3.63) is 56.4 Å². The van der Waals surface area contributed by atoms with E-state index in [0.717, 1.165) is 36.9 Å². The summed E-state index contributed by atoms with van der Waals surface area (Å²) in [6, 6.07) is 7.83. The average Bonchev–Trinajstić information content (AvgIpc) is 2.64. The van der Waals surface area contributed by atoms with Crippen LogP contribution in [0.25, 0.3) is 0 Å². The Labute approximate surface area is 160 Å². The quantitative estimate of drug-likeness (QED) is 0.571. The number of aliphatic imine (C=N–C) groups is 1. The van der Waals surface area contributed by atoms with Gasteiger partial charge < -0.3 is 5.11 Å². The van der Waals surface area contributed by atoms with Crippen molar-refractivity contribution < 1.29 is 5.11 Å². The number of pyridine rings is 1. The molecule has 1 N–H and O–H groups in total. The van der Waals surface area contributed by atoms with Gasteiger partial charge in [0, 0.05) is 12.8 Å². The van der Waals surface area contributed by atoms with E-state index in [1.807, 2.05) is 38.1 Å². The van der Waals surface area contributed by atoms with Gasteiger partial charge in [-0.05, 0) is 56.0 Å². The first-order valence-electron chi connectivity index (χ1n) is 9.38. The fourth-order valence-electron chi connectivity index (χ4n) is 2.97. The van der Waals surface area contributed by atoms with Crippen LogP contribution in [0.5, 0.6) is 5.88 Å². The maximum atomic E-state index is 12.5. The molecule has 0 aliphatic heterocycles. The third-order valence-electron chi connectivity index (χ3n) is 4.91. The molecule has 0 fully saturated rings. The highest BCUT2D eigenvalue weighted by atomic mass is 16.3. The molecule has 0 amide bonds. The van der Waals surface area contributed by atoms with Crippen LogP contribution in [0.2, 0.25) is 0 Å². The van der Waals surface area contributed by atoms with Gasteiger partial charge in [-0.1, -0.05) is 32.3 Å². The summed E-state index contributed by atoms with van der Waals surface area (Å²) in [6.45, 7) is 8.23. The van der Waals surface area contributed by atoms with Crippen LogP contribution in [0.4, 0.5) is 5.69 Å². The molecule has 142 valence electrons. The lowest BCUT2D eigenvalue weighted by atomic mass is 10.1. The lowest BCUT2D eigenvalue weighted by Crippen LogP contribution is -2.25. The molecule has 0 bridgehead atoms. The van der Waals surface area contributed by atoms with Crippen LogP contribution < -0.4 is 5.56 Å². The number of rotatable bonds is 7. The van der Waals surface area contributed by atoms with Gasteiger partial charge in [-0.3, -0.25) is 14.4 Å². The molecule has 0 atom stereocenters. The van der Waals surface area contributed by atoms with Gasteiger partial charge >= 0.3 is 0 Å². The third kappa shape index (κ3) is 4.65. The highest BCUT2D eigenvalue weighted by Crippen LogP contribution is 2.23. The number of hydrogen-bond donors (Lipinski definition) is 1. The first kappa shape index (κ1) is 20.4. The van der Waals surface area contributed by atoms with Crippen LogP contribution >= 0.6 is 0 Å². The zero-order valence-electron chi connectivity index (χ0n) is 16.5. The van der Waals surface area contributed by atoms with Crippen LogP contribution in [0.3, 0.4) is 0 Å². The van der Waals surface area contributed by atoms with Gasteiger partial charge in [-0.25, -0.2) is 0 Å². The molecule has 1 aromatic heterocycles. The number of unbranched alkanes of at least 4 members (excludes halogenated alkanes) is 3. The number of nitrogens with zero attached hydrogens (tertiary/aromatic N) is 3. The predicted molar refractivity (Wildman–Crippen MR) is 109 cm³/mol. The van der Waals surface area contributed by atoms with E-state index in [-0.39, 0.29) is 11.4 Å². The number of aromatic nitrogens is 1. The summed E-state index contributed by atoms with van der Waals surface area (Å²) in [5, 5.41) is 20.1. The van der Waals surface area contributed by atoms with Gasteiger partial charge in [-0.2, -0.15) is 5.26 Å². The Morgan fingerprint density at radius 1 is 1.19 bits per heavy atom. The number of benzene rings is 1. The summed E-state index contributed by atoms with van der Waals surface area (Å²) in [5.41, 5.74) is 3.56. The molecule has 0 saturated heterocycles. The monoisotopic (exact) mass is 365 g/mol. The second-order valence-corrected chi connectivity index (χ2v) is 6.89. The number of nitriles is 1. The van der Waals surface area contributed by atoms with Crippen LogP contribution in [-0.2, 0) is 6.54 Å². The lowest BCUT2D eigenvalue weighted by Gasteiger charge is -2.14. The molecular formula is C22H27N3O2. The first-order chi connectivity index (χ1) is 12.9. The molecule has 0 aliphatic carbocycles. The van der Waals surface area contributed by atoms with E-state index < -0.39 is 5.56 Å². The van der Waals surface area contributed by atoms with Crippen molar-refractivity contribution in [1.29, 1.82) is 5.26 Å². The Bertz CT molecular complexity index is 949. The van der Waals surface area contributed by atoms with E-state index in [0.29, 0.717) is 17.7 Å². The normalized spacial score (nSPS) is 11.1. The summed E-state index contributed by atoms with van der Waals surface area (Å²) >= 11 is 0. The fourth-order valence-corrected chi connectivity index (χ4v) is 2.97. The van der Waals surface area contributed by atoms with Crippen molar-refractivity contribution >= 4 is 11.9 Å². The molecule has 0 unspecified atom stereocenters. The van der Waals surface area contributed by atoms with E-state index >= 15 is 0 Å². The summed E-state index contributed by atoms with van der Waals surface area (Å²) in [5.74, 6) is -0.124. The molecule has 0 radical (unpaired) electrons. The number of hydrogen-bond acceptors (Lipinski definition) is 4. The van der Waals surface area contributed by atoms with Crippen LogP contribution in [0, 0.1) is 32.1 Å². The molecule has 5 nitrogen and oxygen atoms in total. The minimum absolute atomic E-state index is 0.0600. The summed E-state index contributed by atoms with van der Waals surface area (Å²) in [6.07, 6.45) is 5.46. The van der Waals surface area contributed by atoms with Crippen LogP contribution in [0.15, 0.2) is 28.0 Å². The molecule has 1 heterocycles. The van der Waals surface area contributed by atoms with Gasteiger partial charge in [0.05, 0.1) is 11.3 Å². The van der Waals surface area contributed by atoms with Gasteiger partial charge in [0.15, 0.2) is 0 Å². The van der Waals surface area contributed by atoms with Crippen LogP contribution in [0.1, 0.15) is 60.4 Å². The predicted octanol–water partition coefficient (Wildman–Crippen LogP) is 4.68. The second-order valence-electron chi connectivity index (χ2n) is 6.89. The van der Waals surface area contributed by atoms with Crippen molar-refractivity contribution in [2.45, 2.75) is 59.9 Å². The van der Waals surface area contributed by atoms with Crippen molar-refractivity contribution in [1.82, 2.24) is 4.57 Å². The lowest BCUT2D eigenvalue weighted by molar-refractivity contribution is 0.397. The average molecular weight is 365 g/mol. The molecule has 27 heavy (non-hydrogen) atoms. The maximum Gasteiger partial charge on any atom is 0.271 e. The second kappa shape index (κ2) is 9.18. The van der Waals surface area contributed by atoms with E-state index in [2.05, 4.69) is 11.9 Å². The number of aryl methyl sites for hydroxylation is 2. The number of aromatic hydroxyl groups is 1.